The molecule has 0 aliphatic rings. The SMILES string of the molecule is CCCc1nc(NC)c(C)c(N(CCC#N)C(C)C)n1. The molecule has 0 aliphatic carbocycles. The molecule has 20 heavy (non-hydrogen) atoms. The number of aromatic nitrogens is 2. The van der Waals surface area contributed by atoms with Crippen molar-refractivity contribution in [2.75, 3.05) is 23.8 Å². The summed E-state index contributed by atoms with van der Waals surface area (Å²) in [5.41, 5.74) is 1.04. The van der Waals surface area contributed by atoms with Gasteiger partial charge in [-0.25, -0.2) is 9.97 Å². The van der Waals surface area contributed by atoms with Crippen molar-refractivity contribution in [3.8, 4) is 6.07 Å². The summed E-state index contributed by atoms with van der Waals surface area (Å²) in [4.78, 5) is 11.4. The van der Waals surface area contributed by atoms with Crippen LogP contribution >= 0.6 is 0 Å². The highest BCUT2D eigenvalue weighted by Crippen LogP contribution is 2.25. The Bertz CT molecular complexity index is 476. The monoisotopic (exact) mass is 275 g/mol. The minimum Gasteiger partial charge on any atom is -0.373 e. The van der Waals surface area contributed by atoms with Crippen LogP contribution in [0.2, 0.25) is 0 Å². The number of nitriles is 1. The number of rotatable bonds is 7. The molecule has 0 fully saturated rings. The quantitative estimate of drug-likeness (QED) is 0.829. The van der Waals surface area contributed by atoms with Gasteiger partial charge in [-0.3, -0.25) is 0 Å². The summed E-state index contributed by atoms with van der Waals surface area (Å²) >= 11 is 0. The average molecular weight is 275 g/mol. The van der Waals surface area contributed by atoms with E-state index >= 15 is 0 Å². The molecule has 1 aromatic rings. The van der Waals surface area contributed by atoms with E-state index in [0.29, 0.717) is 19.0 Å². The summed E-state index contributed by atoms with van der Waals surface area (Å²) in [6, 6.07) is 2.51. The predicted molar refractivity (Wildman–Crippen MR) is 83.0 cm³/mol. The second-order valence-corrected chi connectivity index (χ2v) is 5.13. The average Bonchev–Trinajstić information content (AvgIpc) is 2.42. The van der Waals surface area contributed by atoms with E-state index < -0.39 is 0 Å². The van der Waals surface area contributed by atoms with Crippen LogP contribution in [-0.2, 0) is 6.42 Å². The zero-order valence-electron chi connectivity index (χ0n) is 13.2. The summed E-state index contributed by atoms with van der Waals surface area (Å²) in [7, 11) is 1.88. The maximum Gasteiger partial charge on any atom is 0.137 e. The Morgan fingerprint density at radius 3 is 2.55 bits per heavy atom. The van der Waals surface area contributed by atoms with Gasteiger partial charge < -0.3 is 10.2 Å². The van der Waals surface area contributed by atoms with Crippen LogP contribution in [0.3, 0.4) is 0 Å². The Morgan fingerprint density at radius 1 is 1.35 bits per heavy atom. The lowest BCUT2D eigenvalue weighted by molar-refractivity contribution is 0.668. The third-order valence-electron chi connectivity index (χ3n) is 3.24. The normalized spacial score (nSPS) is 10.4. The predicted octanol–water partition coefficient (Wildman–Crippen LogP) is 2.91. The maximum absolute atomic E-state index is 8.83. The van der Waals surface area contributed by atoms with Crippen molar-refractivity contribution in [3.05, 3.63) is 11.4 Å². The van der Waals surface area contributed by atoms with Crippen molar-refractivity contribution in [2.24, 2.45) is 0 Å². The van der Waals surface area contributed by atoms with Crippen LogP contribution in [0.25, 0.3) is 0 Å². The largest absolute Gasteiger partial charge is 0.373 e. The van der Waals surface area contributed by atoms with Crippen molar-refractivity contribution in [1.29, 1.82) is 5.26 Å². The molecule has 1 heterocycles. The molecule has 0 unspecified atom stereocenters. The van der Waals surface area contributed by atoms with E-state index in [1.54, 1.807) is 0 Å². The van der Waals surface area contributed by atoms with Gasteiger partial charge in [-0.2, -0.15) is 5.26 Å². The molecule has 0 bridgehead atoms. The molecule has 0 saturated carbocycles. The van der Waals surface area contributed by atoms with Crippen molar-refractivity contribution in [1.82, 2.24) is 9.97 Å². The van der Waals surface area contributed by atoms with Crippen LogP contribution in [0.1, 0.15) is 45.0 Å². The van der Waals surface area contributed by atoms with Gasteiger partial charge in [0.25, 0.3) is 0 Å². The molecule has 110 valence electrons. The highest BCUT2D eigenvalue weighted by atomic mass is 15.2. The Kier molecular flexibility index (Phi) is 6.23. The summed E-state index contributed by atoms with van der Waals surface area (Å²) in [5.74, 6) is 2.68. The molecule has 0 radical (unpaired) electrons. The van der Waals surface area contributed by atoms with Crippen LogP contribution < -0.4 is 10.2 Å². The third-order valence-corrected chi connectivity index (χ3v) is 3.24. The Morgan fingerprint density at radius 2 is 2.05 bits per heavy atom. The number of nitrogens with zero attached hydrogens (tertiary/aromatic N) is 4. The summed E-state index contributed by atoms with van der Waals surface area (Å²) in [6.07, 6.45) is 2.39. The van der Waals surface area contributed by atoms with Crippen molar-refractivity contribution >= 4 is 11.6 Å². The molecule has 0 saturated heterocycles. The molecular formula is C15H25N5. The van der Waals surface area contributed by atoms with Crippen molar-refractivity contribution < 1.29 is 0 Å². The van der Waals surface area contributed by atoms with Gasteiger partial charge in [-0.15, -0.1) is 0 Å². The van der Waals surface area contributed by atoms with E-state index in [0.717, 1.165) is 35.9 Å². The fourth-order valence-electron chi connectivity index (χ4n) is 2.19. The molecule has 0 aromatic carbocycles. The molecule has 0 amide bonds. The highest BCUT2D eigenvalue weighted by Gasteiger charge is 2.18. The van der Waals surface area contributed by atoms with Crippen molar-refractivity contribution in [3.63, 3.8) is 0 Å². The topological polar surface area (TPSA) is 64.8 Å². The first-order valence-corrected chi connectivity index (χ1v) is 7.23. The maximum atomic E-state index is 8.83. The van der Waals surface area contributed by atoms with Gasteiger partial charge in [0, 0.05) is 31.6 Å². The van der Waals surface area contributed by atoms with E-state index in [4.69, 9.17) is 10.2 Å². The van der Waals surface area contributed by atoms with Gasteiger partial charge in [0.15, 0.2) is 0 Å². The molecule has 5 heteroatoms. The van der Waals surface area contributed by atoms with Gasteiger partial charge in [-0.1, -0.05) is 6.92 Å². The number of hydrogen-bond acceptors (Lipinski definition) is 5. The summed E-state index contributed by atoms with van der Waals surface area (Å²) in [5, 5.41) is 12.0. The lowest BCUT2D eigenvalue weighted by Crippen LogP contribution is -2.33. The summed E-state index contributed by atoms with van der Waals surface area (Å²) < 4.78 is 0. The van der Waals surface area contributed by atoms with E-state index in [-0.39, 0.29) is 0 Å². The van der Waals surface area contributed by atoms with Gasteiger partial charge in [0.1, 0.15) is 17.5 Å². The minimum absolute atomic E-state index is 0.302. The fraction of sp³-hybridized carbons (Fsp3) is 0.667. The van der Waals surface area contributed by atoms with E-state index in [9.17, 15) is 0 Å². The van der Waals surface area contributed by atoms with Gasteiger partial charge in [0.05, 0.1) is 12.5 Å². The van der Waals surface area contributed by atoms with Crippen LogP contribution in [-0.4, -0.2) is 29.6 Å². The van der Waals surface area contributed by atoms with Crippen LogP contribution in [0.4, 0.5) is 11.6 Å². The standard InChI is InChI=1S/C15H25N5/c1-6-8-13-18-14(17-5)12(4)15(19-13)20(11(2)3)10-7-9-16/h11H,6-8,10H2,1-5H3,(H,17,18,19). The zero-order valence-corrected chi connectivity index (χ0v) is 13.2. The third kappa shape index (κ3) is 3.83. The Hall–Kier alpha value is -1.83. The molecule has 1 N–H and O–H groups in total. The second kappa shape index (κ2) is 7.68. The number of hydrogen-bond donors (Lipinski definition) is 1. The highest BCUT2D eigenvalue weighted by molar-refractivity contribution is 5.58. The molecule has 0 aliphatic heterocycles. The molecule has 0 atom stereocenters. The number of nitrogens with one attached hydrogen (secondary N) is 1. The molecule has 1 aromatic heterocycles. The molecule has 5 nitrogen and oxygen atoms in total. The first-order valence-electron chi connectivity index (χ1n) is 7.23. The fourth-order valence-corrected chi connectivity index (χ4v) is 2.19. The number of anilines is 2. The van der Waals surface area contributed by atoms with E-state index in [1.165, 1.54) is 0 Å². The van der Waals surface area contributed by atoms with Gasteiger partial charge in [0.2, 0.25) is 0 Å². The Balaban J connectivity index is 3.24. The molecule has 0 spiro atoms. The Labute approximate surface area is 122 Å². The van der Waals surface area contributed by atoms with E-state index in [1.807, 2.05) is 14.0 Å². The first kappa shape index (κ1) is 16.2. The first-order chi connectivity index (χ1) is 9.54. The van der Waals surface area contributed by atoms with Crippen LogP contribution in [0.5, 0.6) is 0 Å². The van der Waals surface area contributed by atoms with Crippen molar-refractivity contribution in [2.45, 2.75) is 53.0 Å². The number of aryl methyl sites for hydroxylation is 1. The molecular weight excluding hydrogens is 250 g/mol. The lowest BCUT2D eigenvalue weighted by Gasteiger charge is -2.29. The lowest BCUT2D eigenvalue weighted by atomic mass is 10.2. The summed E-state index contributed by atoms with van der Waals surface area (Å²) in [6.45, 7) is 9.09. The van der Waals surface area contributed by atoms with E-state index in [2.05, 4.69) is 42.0 Å². The van der Waals surface area contributed by atoms with Crippen LogP contribution in [0, 0.1) is 18.3 Å². The van der Waals surface area contributed by atoms with Crippen LogP contribution in [0.15, 0.2) is 0 Å². The zero-order chi connectivity index (χ0) is 15.1. The minimum atomic E-state index is 0.302. The van der Waals surface area contributed by atoms with Gasteiger partial charge in [-0.05, 0) is 27.2 Å². The van der Waals surface area contributed by atoms with Gasteiger partial charge >= 0.3 is 0 Å². The smallest absolute Gasteiger partial charge is 0.137 e. The molecule has 1 rings (SSSR count). The second-order valence-electron chi connectivity index (χ2n) is 5.13.